The fourth-order valence-electron chi connectivity index (χ4n) is 4.11. The van der Waals surface area contributed by atoms with E-state index in [2.05, 4.69) is 11.0 Å². The lowest BCUT2D eigenvalue weighted by Crippen LogP contribution is -3.19. The summed E-state index contributed by atoms with van der Waals surface area (Å²) >= 11 is 6.03. The van der Waals surface area contributed by atoms with Gasteiger partial charge in [-0.05, 0) is 30.3 Å². The zero-order chi connectivity index (χ0) is 19.7. The summed E-state index contributed by atoms with van der Waals surface area (Å²) in [7, 11) is 1.67. The van der Waals surface area contributed by atoms with E-state index in [0.29, 0.717) is 10.7 Å². The maximum absolute atomic E-state index is 13.0. The van der Waals surface area contributed by atoms with Crippen molar-refractivity contribution in [3.63, 3.8) is 0 Å². The number of nitrogens with zero attached hydrogens (tertiary/aromatic N) is 2. The van der Waals surface area contributed by atoms with Crippen molar-refractivity contribution in [1.29, 1.82) is 0 Å². The highest BCUT2D eigenvalue weighted by molar-refractivity contribution is 6.31. The maximum atomic E-state index is 13.0. The summed E-state index contributed by atoms with van der Waals surface area (Å²) in [5.74, 6) is 0.565. The van der Waals surface area contributed by atoms with E-state index in [0.717, 1.165) is 42.5 Å². The lowest BCUT2D eigenvalue weighted by atomic mass is 10.1. The first-order chi connectivity index (χ1) is 13.6. The number of carbonyl (C=O) groups is 2. The molecule has 7 heteroatoms. The van der Waals surface area contributed by atoms with Gasteiger partial charge in [0.25, 0.3) is 5.91 Å². The number of carbonyl (C=O) groups excluding carboxylic acids is 2. The summed E-state index contributed by atoms with van der Waals surface area (Å²) in [5, 5.41) is 0.513. The van der Waals surface area contributed by atoms with Crippen LogP contribution in [0.15, 0.2) is 48.5 Å². The van der Waals surface area contributed by atoms with E-state index in [1.807, 2.05) is 18.2 Å². The quantitative estimate of drug-likeness (QED) is 0.788. The van der Waals surface area contributed by atoms with Gasteiger partial charge in [0, 0.05) is 5.02 Å². The second-order valence-corrected chi connectivity index (χ2v) is 7.56. The lowest BCUT2D eigenvalue weighted by molar-refractivity contribution is -0.915. The number of methoxy groups -OCH3 is 1. The molecule has 146 valence electrons. The van der Waals surface area contributed by atoms with Gasteiger partial charge < -0.3 is 14.5 Å². The number of amides is 2. The van der Waals surface area contributed by atoms with Crippen molar-refractivity contribution in [3.8, 4) is 5.75 Å². The third-order valence-corrected chi connectivity index (χ3v) is 5.77. The molecule has 2 amide bonds. The number of halogens is 1. The Morgan fingerprint density at radius 2 is 1.82 bits per heavy atom. The van der Waals surface area contributed by atoms with Gasteiger partial charge in [-0.15, -0.1) is 0 Å². The summed E-state index contributed by atoms with van der Waals surface area (Å²) in [6.07, 6.45) is 0.245. The minimum absolute atomic E-state index is 0.131. The van der Waals surface area contributed by atoms with E-state index in [-0.39, 0.29) is 24.3 Å². The normalized spacial score (nSPS) is 20.7. The molecule has 2 fully saturated rings. The second kappa shape index (κ2) is 7.81. The predicted octanol–water partition coefficient (Wildman–Crippen LogP) is 1.39. The van der Waals surface area contributed by atoms with Crippen LogP contribution in [-0.2, 0) is 9.59 Å². The van der Waals surface area contributed by atoms with Crippen molar-refractivity contribution in [2.75, 3.05) is 43.1 Å². The molecule has 0 radical (unpaired) electrons. The molecule has 2 saturated heterocycles. The number of ether oxygens (including phenoxy) is 1. The van der Waals surface area contributed by atoms with Crippen LogP contribution >= 0.6 is 11.6 Å². The molecule has 0 spiro atoms. The molecule has 2 heterocycles. The van der Waals surface area contributed by atoms with Crippen molar-refractivity contribution in [3.05, 3.63) is 53.6 Å². The summed E-state index contributed by atoms with van der Waals surface area (Å²) in [6, 6.07) is 14.5. The van der Waals surface area contributed by atoms with Gasteiger partial charge in [0.1, 0.15) is 5.75 Å². The van der Waals surface area contributed by atoms with Crippen molar-refractivity contribution in [2.24, 2.45) is 0 Å². The first-order valence-corrected chi connectivity index (χ1v) is 9.81. The van der Waals surface area contributed by atoms with E-state index >= 15 is 0 Å². The van der Waals surface area contributed by atoms with Crippen LogP contribution in [0, 0.1) is 0 Å². The Balaban J connectivity index is 1.45. The number of hydrogen-bond acceptors (Lipinski definition) is 4. The van der Waals surface area contributed by atoms with Gasteiger partial charge in [-0.25, -0.2) is 4.90 Å². The predicted molar refractivity (Wildman–Crippen MR) is 108 cm³/mol. The second-order valence-electron chi connectivity index (χ2n) is 7.12. The minimum atomic E-state index is -0.327. The fourth-order valence-corrected chi connectivity index (χ4v) is 4.30. The van der Waals surface area contributed by atoms with Crippen LogP contribution in [0.5, 0.6) is 5.75 Å². The van der Waals surface area contributed by atoms with Gasteiger partial charge in [-0.3, -0.25) is 9.59 Å². The van der Waals surface area contributed by atoms with E-state index in [9.17, 15) is 9.59 Å². The van der Waals surface area contributed by atoms with E-state index in [1.165, 1.54) is 4.90 Å². The molecule has 1 unspecified atom stereocenters. The summed E-state index contributed by atoms with van der Waals surface area (Å²) in [6.45, 7) is 3.21. The molecular formula is C21H23ClN3O3+. The Labute approximate surface area is 169 Å². The van der Waals surface area contributed by atoms with Crippen LogP contribution in [0.1, 0.15) is 6.42 Å². The Morgan fingerprint density at radius 3 is 2.54 bits per heavy atom. The zero-order valence-corrected chi connectivity index (χ0v) is 16.5. The number of hydrogen-bond donors (Lipinski definition) is 1. The summed E-state index contributed by atoms with van der Waals surface area (Å²) < 4.78 is 5.46. The van der Waals surface area contributed by atoms with Crippen LogP contribution in [0.25, 0.3) is 0 Å². The van der Waals surface area contributed by atoms with E-state index < -0.39 is 0 Å². The third kappa shape index (κ3) is 3.45. The monoisotopic (exact) mass is 400 g/mol. The van der Waals surface area contributed by atoms with Gasteiger partial charge in [0.05, 0.1) is 51.1 Å². The largest absolute Gasteiger partial charge is 0.495 e. The Kier molecular flexibility index (Phi) is 5.24. The highest BCUT2D eigenvalue weighted by atomic mass is 35.5. The van der Waals surface area contributed by atoms with Crippen LogP contribution in [0.2, 0.25) is 5.02 Å². The zero-order valence-electron chi connectivity index (χ0n) is 15.7. The van der Waals surface area contributed by atoms with Gasteiger partial charge in [0.2, 0.25) is 5.91 Å². The van der Waals surface area contributed by atoms with Crippen LogP contribution in [0.4, 0.5) is 11.4 Å². The minimum Gasteiger partial charge on any atom is -0.495 e. The van der Waals surface area contributed by atoms with Gasteiger partial charge in [-0.1, -0.05) is 29.8 Å². The van der Waals surface area contributed by atoms with Crippen LogP contribution in [0.3, 0.4) is 0 Å². The van der Waals surface area contributed by atoms with E-state index in [4.69, 9.17) is 16.3 Å². The molecule has 2 aromatic rings. The standard InChI is InChI=1S/C21H22ClN3O3/c1-28-19-8-3-2-7-17(19)23-9-11-24(12-10-23)18-14-20(26)25(21(18)27)16-6-4-5-15(22)13-16/h2-8,13,18H,9-12,14H2,1H3/p+1. The molecule has 2 aliphatic rings. The molecular weight excluding hydrogens is 378 g/mol. The summed E-state index contributed by atoms with van der Waals surface area (Å²) in [4.78, 5) is 30.3. The van der Waals surface area contributed by atoms with Gasteiger partial charge in [-0.2, -0.15) is 0 Å². The molecule has 0 bridgehead atoms. The highest BCUT2D eigenvalue weighted by Gasteiger charge is 2.46. The molecule has 6 nitrogen and oxygen atoms in total. The topological polar surface area (TPSA) is 54.3 Å². The SMILES string of the molecule is COc1ccccc1N1CC[NH+](C2CC(=O)N(c3cccc(Cl)c3)C2=O)CC1. The first-order valence-electron chi connectivity index (χ1n) is 9.43. The van der Waals surface area contributed by atoms with Crippen molar-refractivity contribution >= 4 is 34.8 Å². The summed E-state index contributed by atoms with van der Waals surface area (Å²) in [5.41, 5.74) is 1.62. The van der Waals surface area contributed by atoms with Crippen LogP contribution in [-0.4, -0.2) is 51.1 Å². The van der Waals surface area contributed by atoms with Gasteiger partial charge in [0.15, 0.2) is 6.04 Å². The molecule has 0 aromatic heterocycles. The maximum Gasteiger partial charge on any atom is 0.292 e. The number of quaternary nitrogens is 1. The molecule has 28 heavy (non-hydrogen) atoms. The van der Waals surface area contributed by atoms with E-state index in [1.54, 1.807) is 31.4 Å². The van der Waals surface area contributed by atoms with Gasteiger partial charge >= 0.3 is 0 Å². The molecule has 1 atom stereocenters. The Morgan fingerprint density at radius 1 is 1.07 bits per heavy atom. The number of piperazine rings is 1. The fraction of sp³-hybridized carbons (Fsp3) is 0.333. The Bertz CT molecular complexity index is 896. The van der Waals surface area contributed by atoms with Crippen molar-refractivity contribution in [2.45, 2.75) is 12.5 Å². The number of para-hydroxylation sites is 2. The first kappa shape index (κ1) is 18.8. The molecule has 2 aliphatic heterocycles. The number of nitrogens with one attached hydrogen (secondary N) is 1. The molecule has 4 rings (SSSR count). The molecule has 2 aromatic carbocycles. The number of imide groups is 1. The highest BCUT2D eigenvalue weighted by Crippen LogP contribution is 2.28. The van der Waals surface area contributed by atoms with Crippen molar-refractivity contribution in [1.82, 2.24) is 0 Å². The molecule has 1 N–H and O–H groups in total. The third-order valence-electron chi connectivity index (χ3n) is 5.54. The average molecular weight is 401 g/mol. The molecule has 0 aliphatic carbocycles. The average Bonchev–Trinajstić information content (AvgIpc) is 3.02. The Hall–Kier alpha value is -2.57. The number of anilines is 2. The smallest absolute Gasteiger partial charge is 0.292 e. The van der Waals surface area contributed by atoms with Crippen molar-refractivity contribution < 1.29 is 19.2 Å². The molecule has 0 saturated carbocycles. The number of rotatable bonds is 4. The van der Waals surface area contributed by atoms with Crippen LogP contribution < -0.4 is 19.4 Å². The lowest BCUT2D eigenvalue weighted by Gasteiger charge is -2.36. The number of benzene rings is 2.